The molecule has 1 aliphatic rings. The van der Waals surface area contributed by atoms with Gasteiger partial charge >= 0.3 is 0 Å². The fourth-order valence-corrected chi connectivity index (χ4v) is 1.99. The molecule has 0 aromatic heterocycles. The van der Waals surface area contributed by atoms with Crippen LogP contribution in [0.5, 0.6) is 0 Å². The molecule has 0 aromatic carbocycles. The van der Waals surface area contributed by atoms with E-state index in [9.17, 15) is 9.59 Å². The maximum absolute atomic E-state index is 11.4. The summed E-state index contributed by atoms with van der Waals surface area (Å²) in [5, 5.41) is 0. The van der Waals surface area contributed by atoms with Crippen LogP contribution in [-0.2, 0) is 9.59 Å². The van der Waals surface area contributed by atoms with Crippen molar-refractivity contribution in [1.82, 2.24) is 4.90 Å². The van der Waals surface area contributed by atoms with Gasteiger partial charge in [0.05, 0.1) is 0 Å². The first-order valence-corrected chi connectivity index (χ1v) is 5.32. The van der Waals surface area contributed by atoms with Gasteiger partial charge in [-0.25, -0.2) is 0 Å². The molecule has 1 rings (SSSR count). The quantitative estimate of drug-likeness (QED) is 0.629. The molecule has 1 heterocycles. The summed E-state index contributed by atoms with van der Waals surface area (Å²) in [6, 6.07) is 0. The van der Waals surface area contributed by atoms with Gasteiger partial charge in [-0.3, -0.25) is 9.59 Å². The Morgan fingerprint density at radius 1 is 1.21 bits per heavy atom. The number of carbonyl (C=O) groups excluding carboxylic acids is 2. The normalized spacial score (nSPS) is 18.7. The summed E-state index contributed by atoms with van der Waals surface area (Å²) in [6.07, 6.45) is 2.08. The number of nitrogens with zero attached hydrogens (tertiary/aromatic N) is 1. The van der Waals surface area contributed by atoms with Crippen LogP contribution in [-0.4, -0.2) is 29.7 Å². The number of rotatable bonds is 2. The summed E-state index contributed by atoms with van der Waals surface area (Å²) in [5.74, 6) is 0.746. The van der Waals surface area contributed by atoms with Gasteiger partial charge in [-0.05, 0) is 24.7 Å². The predicted molar refractivity (Wildman–Crippen MR) is 54.8 cm³/mol. The highest BCUT2D eigenvalue weighted by Gasteiger charge is 2.25. The molecule has 0 saturated carbocycles. The molecule has 0 aromatic rings. The predicted octanol–water partition coefficient (Wildman–Crippen LogP) is 1.47. The van der Waals surface area contributed by atoms with Crippen molar-refractivity contribution in [2.45, 2.75) is 33.6 Å². The van der Waals surface area contributed by atoms with Crippen LogP contribution in [0.1, 0.15) is 33.6 Å². The molecule has 0 aliphatic carbocycles. The number of amides is 1. The molecule has 0 bridgehead atoms. The van der Waals surface area contributed by atoms with Gasteiger partial charge in [-0.1, -0.05) is 13.8 Å². The zero-order valence-corrected chi connectivity index (χ0v) is 9.25. The third-order valence-corrected chi connectivity index (χ3v) is 3.07. The monoisotopic (exact) mass is 197 g/mol. The lowest BCUT2D eigenvalue weighted by atomic mass is 9.86. The molecular formula is C11H19NO2. The van der Waals surface area contributed by atoms with Crippen molar-refractivity contribution < 1.29 is 9.59 Å². The summed E-state index contributed by atoms with van der Waals surface area (Å²) in [5.41, 5.74) is 0. The van der Waals surface area contributed by atoms with Crippen molar-refractivity contribution in [2.24, 2.45) is 11.8 Å². The van der Waals surface area contributed by atoms with Gasteiger partial charge in [0.2, 0.25) is 5.78 Å². The van der Waals surface area contributed by atoms with Gasteiger partial charge in [-0.2, -0.15) is 0 Å². The first-order valence-electron chi connectivity index (χ1n) is 5.32. The Labute approximate surface area is 85.5 Å². The highest BCUT2D eigenvalue weighted by molar-refractivity contribution is 6.35. The molecule has 0 unspecified atom stereocenters. The smallest absolute Gasteiger partial charge is 0.289 e. The Morgan fingerprint density at radius 3 is 2.07 bits per heavy atom. The molecule has 14 heavy (non-hydrogen) atoms. The topological polar surface area (TPSA) is 37.4 Å². The number of Topliss-reactive ketones (excluding diaryl/α,β-unsaturated/α-hetero) is 1. The molecule has 1 aliphatic heterocycles. The standard InChI is InChI=1S/C11H19NO2/c1-8(2)10-4-6-12(7-5-10)11(14)9(3)13/h8,10H,4-7H2,1-3H3. The Kier molecular flexibility index (Phi) is 3.67. The molecule has 3 nitrogen and oxygen atoms in total. The minimum Gasteiger partial charge on any atom is -0.336 e. The van der Waals surface area contributed by atoms with Gasteiger partial charge in [0, 0.05) is 20.0 Å². The van der Waals surface area contributed by atoms with Crippen LogP contribution in [0, 0.1) is 11.8 Å². The van der Waals surface area contributed by atoms with E-state index in [-0.39, 0.29) is 11.7 Å². The van der Waals surface area contributed by atoms with E-state index in [0.717, 1.165) is 25.9 Å². The minimum absolute atomic E-state index is 0.313. The lowest BCUT2D eigenvalue weighted by molar-refractivity contribution is -0.144. The van der Waals surface area contributed by atoms with Crippen molar-refractivity contribution in [2.75, 3.05) is 13.1 Å². The van der Waals surface area contributed by atoms with E-state index in [2.05, 4.69) is 13.8 Å². The molecule has 1 saturated heterocycles. The lowest BCUT2D eigenvalue weighted by Gasteiger charge is -2.33. The van der Waals surface area contributed by atoms with Crippen molar-refractivity contribution in [3.8, 4) is 0 Å². The van der Waals surface area contributed by atoms with Crippen LogP contribution in [0.4, 0.5) is 0 Å². The van der Waals surface area contributed by atoms with Crippen LogP contribution >= 0.6 is 0 Å². The van der Waals surface area contributed by atoms with Gasteiger partial charge in [0.1, 0.15) is 0 Å². The van der Waals surface area contributed by atoms with Crippen LogP contribution in [0.25, 0.3) is 0 Å². The highest BCUT2D eigenvalue weighted by atomic mass is 16.2. The van der Waals surface area contributed by atoms with Crippen LogP contribution in [0.15, 0.2) is 0 Å². The van der Waals surface area contributed by atoms with E-state index in [4.69, 9.17) is 0 Å². The highest BCUT2D eigenvalue weighted by Crippen LogP contribution is 2.24. The molecule has 80 valence electrons. The summed E-state index contributed by atoms with van der Waals surface area (Å²) in [7, 11) is 0. The number of hydrogen-bond acceptors (Lipinski definition) is 2. The summed E-state index contributed by atoms with van der Waals surface area (Å²) >= 11 is 0. The minimum atomic E-state index is -0.340. The molecule has 1 fully saturated rings. The first kappa shape index (κ1) is 11.2. The van der Waals surface area contributed by atoms with Crippen molar-refractivity contribution in [1.29, 1.82) is 0 Å². The molecule has 0 N–H and O–H groups in total. The molecule has 0 radical (unpaired) electrons. The Hall–Kier alpha value is -0.860. The van der Waals surface area contributed by atoms with E-state index in [1.165, 1.54) is 6.92 Å². The third-order valence-electron chi connectivity index (χ3n) is 3.07. The lowest BCUT2D eigenvalue weighted by Crippen LogP contribution is -2.42. The summed E-state index contributed by atoms with van der Waals surface area (Å²) < 4.78 is 0. The van der Waals surface area contributed by atoms with E-state index < -0.39 is 0 Å². The number of carbonyl (C=O) groups is 2. The molecule has 1 amide bonds. The zero-order valence-electron chi connectivity index (χ0n) is 9.25. The SMILES string of the molecule is CC(=O)C(=O)N1CCC(C(C)C)CC1. The summed E-state index contributed by atoms with van der Waals surface area (Å²) in [6.45, 7) is 7.28. The van der Waals surface area contributed by atoms with Crippen molar-refractivity contribution >= 4 is 11.7 Å². The van der Waals surface area contributed by atoms with Gasteiger partial charge in [0.25, 0.3) is 5.91 Å². The Morgan fingerprint density at radius 2 is 1.71 bits per heavy atom. The second-order valence-electron chi connectivity index (χ2n) is 4.43. The van der Waals surface area contributed by atoms with Crippen LogP contribution in [0.2, 0.25) is 0 Å². The van der Waals surface area contributed by atoms with Crippen LogP contribution < -0.4 is 0 Å². The van der Waals surface area contributed by atoms with Crippen molar-refractivity contribution in [3.63, 3.8) is 0 Å². The second-order valence-corrected chi connectivity index (χ2v) is 4.43. The number of hydrogen-bond donors (Lipinski definition) is 0. The largest absolute Gasteiger partial charge is 0.336 e. The maximum Gasteiger partial charge on any atom is 0.289 e. The zero-order chi connectivity index (χ0) is 10.7. The molecule has 0 atom stereocenters. The van der Waals surface area contributed by atoms with Crippen LogP contribution in [0.3, 0.4) is 0 Å². The van der Waals surface area contributed by atoms with Gasteiger partial charge < -0.3 is 4.90 Å². The Balaban J connectivity index is 2.43. The summed E-state index contributed by atoms with van der Waals surface area (Å²) in [4.78, 5) is 23.9. The second kappa shape index (κ2) is 4.58. The average Bonchev–Trinajstić information content (AvgIpc) is 2.16. The molecule has 0 spiro atoms. The van der Waals surface area contributed by atoms with Gasteiger partial charge in [0.15, 0.2) is 0 Å². The number of ketones is 1. The maximum atomic E-state index is 11.4. The molecule has 3 heteroatoms. The van der Waals surface area contributed by atoms with E-state index in [1.807, 2.05) is 0 Å². The fraction of sp³-hybridized carbons (Fsp3) is 0.818. The van der Waals surface area contributed by atoms with E-state index in [1.54, 1.807) is 4.90 Å². The van der Waals surface area contributed by atoms with E-state index >= 15 is 0 Å². The van der Waals surface area contributed by atoms with Crippen molar-refractivity contribution in [3.05, 3.63) is 0 Å². The average molecular weight is 197 g/mol. The third kappa shape index (κ3) is 2.56. The molecular weight excluding hydrogens is 178 g/mol. The first-order chi connectivity index (χ1) is 6.52. The fourth-order valence-electron chi connectivity index (χ4n) is 1.99. The van der Waals surface area contributed by atoms with Gasteiger partial charge in [-0.15, -0.1) is 0 Å². The van der Waals surface area contributed by atoms with E-state index in [0.29, 0.717) is 11.8 Å². The number of piperidine rings is 1. The Bertz CT molecular complexity index is 227. The number of likely N-dealkylation sites (tertiary alicyclic amines) is 1.